The van der Waals surface area contributed by atoms with E-state index in [9.17, 15) is 9.59 Å². The van der Waals surface area contributed by atoms with Crippen LogP contribution in [-0.4, -0.2) is 49.2 Å². The molecule has 1 heterocycles. The molecule has 1 aromatic rings. The Balaban J connectivity index is 1.54. The first-order valence-corrected chi connectivity index (χ1v) is 9.54. The van der Waals surface area contributed by atoms with Gasteiger partial charge in [-0.1, -0.05) is 24.4 Å². The van der Waals surface area contributed by atoms with Gasteiger partial charge in [-0.25, -0.2) is 4.79 Å². The quantitative estimate of drug-likeness (QED) is 0.866. The van der Waals surface area contributed by atoms with Crippen molar-refractivity contribution in [2.24, 2.45) is 0 Å². The van der Waals surface area contributed by atoms with Crippen LogP contribution in [0.5, 0.6) is 5.75 Å². The van der Waals surface area contributed by atoms with Gasteiger partial charge < -0.3 is 19.7 Å². The van der Waals surface area contributed by atoms with Crippen LogP contribution >= 0.6 is 11.6 Å². The summed E-state index contributed by atoms with van der Waals surface area (Å²) in [6.45, 7) is 1.19. The van der Waals surface area contributed by atoms with E-state index in [1.165, 1.54) is 20.0 Å². The predicted octanol–water partition coefficient (Wildman–Crippen LogP) is 3.62. The Kier molecular flexibility index (Phi) is 6.25. The lowest BCUT2D eigenvalue weighted by Gasteiger charge is -2.31. The molecule has 0 spiro atoms. The number of methoxy groups -OCH3 is 1. The van der Waals surface area contributed by atoms with Gasteiger partial charge in [0.25, 0.3) is 5.91 Å². The van der Waals surface area contributed by atoms with Crippen molar-refractivity contribution in [3.8, 4) is 5.75 Å². The molecule has 0 atom stereocenters. The molecule has 2 aliphatic rings. The number of likely N-dealkylation sites (tertiary alicyclic amines) is 1. The van der Waals surface area contributed by atoms with Gasteiger partial charge in [0.1, 0.15) is 11.9 Å². The number of rotatable bonds is 4. The van der Waals surface area contributed by atoms with Crippen LogP contribution in [0, 0.1) is 0 Å². The highest BCUT2D eigenvalue weighted by molar-refractivity contribution is 6.32. The molecular formula is C19H25ClN2O4. The number of hydrogen-bond acceptors (Lipinski definition) is 4. The zero-order valence-electron chi connectivity index (χ0n) is 15.0. The monoisotopic (exact) mass is 380 g/mol. The fraction of sp³-hybridized carbons (Fsp3) is 0.579. The van der Waals surface area contributed by atoms with Crippen molar-refractivity contribution in [2.75, 3.05) is 20.2 Å². The van der Waals surface area contributed by atoms with E-state index >= 15 is 0 Å². The minimum Gasteiger partial charge on any atom is -0.489 e. The molecule has 0 radical (unpaired) electrons. The first-order valence-electron chi connectivity index (χ1n) is 9.17. The molecule has 1 aliphatic heterocycles. The summed E-state index contributed by atoms with van der Waals surface area (Å²) in [5, 5.41) is 3.49. The Morgan fingerprint density at radius 1 is 1.15 bits per heavy atom. The van der Waals surface area contributed by atoms with E-state index in [2.05, 4.69) is 5.32 Å². The normalized spacial score (nSPS) is 18.6. The average Bonchev–Trinajstić information content (AvgIpc) is 3.16. The molecule has 2 amide bonds. The van der Waals surface area contributed by atoms with Crippen molar-refractivity contribution in [1.29, 1.82) is 0 Å². The summed E-state index contributed by atoms with van der Waals surface area (Å²) in [5.41, 5.74) is 0.551. The number of carbonyl (C=O) groups excluding carboxylic acids is 2. The molecule has 3 rings (SSSR count). The van der Waals surface area contributed by atoms with Crippen molar-refractivity contribution in [3.63, 3.8) is 0 Å². The van der Waals surface area contributed by atoms with Crippen LogP contribution in [0.3, 0.4) is 0 Å². The van der Waals surface area contributed by atoms with Gasteiger partial charge in [0.05, 0.1) is 12.1 Å². The van der Waals surface area contributed by atoms with Gasteiger partial charge in [0.15, 0.2) is 0 Å². The number of nitrogens with zero attached hydrogens (tertiary/aromatic N) is 1. The fourth-order valence-corrected chi connectivity index (χ4v) is 3.77. The topological polar surface area (TPSA) is 67.9 Å². The molecule has 1 aromatic carbocycles. The van der Waals surface area contributed by atoms with Crippen LogP contribution in [0.25, 0.3) is 0 Å². The molecule has 142 valence electrons. The summed E-state index contributed by atoms with van der Waals surface area (Å²) in [5.74, 6) is 0.484. The molecule has 0 bridgehead atoms. The first-order chi connectivity index (χ1) is 12.6. The molecule has 1 saturated heterocycles. The lowest BCUT2D eigenvalue weighted by atomic mass is 10.1. The maximum Gasteiger partial charge on any atom is 0.409 e. The van der Waals surface area contributed by atoms with Crippen LogP contribution in [0.4, 0.5) is 4.79 Å². The average molecular weight is 381 g/mol. The van der Waals surface area contributed by atoms with Crippen molar-refractivity contribution in [1.82, 2.24) is 10.2 Å². The highest BCUT2D eigenvalue weighted by Gasteiger charge is 2.25. The zero-order valence-corrected chi connectivity index (χ0v) is 15.8. The predicted molar refractivity (Wildman–Crippen MR) is 98.8 cm³/mol. The van der Waals surface area contributed by atoms with Gasteiger partial charge in [-0.3, -0.25) is 4.79 Å². The van der Waals surface area contributed by atoms with E-state index in [0.29, 0.717) is 29.4 Å². The largest absolute Gasteiger partial charge is 0.489 e. The van der Waals surface area contributed by atoms with Crippen LogP contribution in [0.2, 0.25) is 5.02 Å². The molecule has 0 unspecified atom stereocenters. The summed E-state index contributed by atoms with van der Waals surface area (Å²) in [6, 6.07) is 5.43. The zero-order chi connectivity index (χ0) is 18.5. The Hall–Kier alpha value is -1.95. The number of carbonyl (C=O) groups is 2. The Morgan fingerprint density at radius 2 is 1.85 bits per heavy atom. The second-order valence-corrected chi connectivity index (χ2v) is 7.28. The van der Waals surface area contributed by atoms with Gasteiger partial charge in [-0.2, -0.15) is 0 Å². The van der Waals surface area contributed by atoms with E-state index < -0.39 is 0 Å². The van der Waals surface area contributed by atoms with Gasteiger partial charge in [-0.05, 0) is 31.0 Å². The smallest absolute Gasteiger partial charge is 0.409 e. The number of ether oxygens (including phenoxy) is 2. The van der Waals surface area contributed by atoms with Crippen LogP contribution < -0.4 is 10.1 Å². The second-order valence-electron chi connectivity index (χ2n) is 6.87. The SMILES string of the molecule is COC(=O)N1CCC(Oc2ccc(C(=O)NC3CCCC3)cc2Cl)CC1. The molecule has 6 nitrogen and oxygen atoms in total. The van der Waals surface area contributed by atoms with Crippen LogP contribution in [0.15, 0.2) is 18.2 Å². The molecule has 2 fully saturated rings. The van der Waals surface area contributed by atoms with E-state index in [-0.39, 0.29) is 24.1 Å². The van der Waals surface area contributed by atoms with E-state index in [1.54, 1.807) is 23.1 Å². The van der Waals surface area contributed by atoms with Crippen LogP contribution in [-0.2, 0) is 4.74 Å². The lowest BCUT2D eigenvalue weighted by Crippen LogP contribution is -2.41. The van der Waals surface area contributed by atoms with E-state index in [0.717, 1.165) is 25.7 Å². The summed E-state index contributed by atoms with van der Waals surface area (Å²) >= 11 is 6.32. The number of piperidine rings is 1. The van der Waals surface area contributed by atoms with Gasteiger partial charge in [0.2, 0.25) is 0 Å². The summed E-state index contributed by atoms with van der Waals surface area (Å²) in [6.07, 6.45) is 5.56. The van der Waals surface area contributed by atoms with Gasteiger partial charge >= 0.3 is 6.09 Å². The molecular weight excluding hydrogens is 356 g/mol. The van der Waals surface area contributed by atoms with Crippen LogP contribution in [0.1, 0.15) is 48.9 Å². The number of nitrogens with one attached hydrogen (secondary N) is 1. The molecule has 7 heteroatoms. The Labute approximate surface area is 158 Å². The lowest BCUT2D eigenvalue weighted by molar-refractivity contribution is 0.0791. The Bertz CT molecular complexity index is 653. The van der Waals surface area contributed by atoms with Crippen molar-refractivity contribution in [3.05, 3.63) is 28.8 Å². The standard InChI is InChI=1S/C19H25ClN2O4/c1-25-19(24)22-10-8-15(9-11-22)26-17-7-6-13(12-16(17)20)18(23)21-14-4-2-3-5-14/h6-7,12,14-15H,2-5,8-11H2,1H3,(H,21,23). The highest BCUT2D eigenvalue weighted by atomic mass is 35.5. The molecule has 1 aliphatic carbocycles. The Morgan fingerprint density at radius 3 is 2.46 bits per heavy atom. The molecule has 26 heavy (non-hydrogen) atoms. The second kappa shape index (κ2) is 8.62. The van der Waals surface area contributed by atoms with Gasteiger partial charge in [-0.15, -0.1) is 0 Å². The molecule has 0 aromatic heterocycles. The maximum absolute atomic E-state index is 12.3. The number of amides is 2. The van der Waals surface area contributed by atoms with Gasteiger partial charge in [0, 0.05) is 37.5 Å². The summed E-state index contributed by atoms with van der Waals surface area (Å²) in [7, 11) is 1.38. The van der Waals surface area contributed by atoms with Crippen molar-refractivity contribution >= 4 is 23.6 Å². The molecule has 1 N–H and O–H groups in total. The third kappa shape index (κ3) is 4.61. The third-order valence-electron chi connectivity index (χ3n) is 5.05. The fourth-order valence-electron chi connectivity index (χ4n) is 3.54. The minimum atomic E-state index is -0.306. The minimum absolute atomic E-state index is 0.00780. The molecule has 1 saturated carbocycles. The maximum atomic E-state index is 12.3. The number of hydrogen-bond donors (Lipinski definition) is 1. The van der Waals surface area contributed by atoms with E-state index in [4.69, 9.17) is 21.1 Å². The third-order valence-corrected chi connectivity index (χ3v) is 5.35. The number of benzene rings is 1. The van der Waals surface area contributed by atoms with Crippen molar-refractivity contribution in [2.45, 2.75) is 50.7 Å². The highest BCUT2D eigenvalue weighted by Crippen LogP contribution is 2.29. The number of halogens is 1. The van der Waals surface area contributed by atoms with E-state index in [1.807, 2.05) is 0 Å². The first kappa shape index (κ1) is 18.8. The van der Waals surface area contributed by atoms with Crippen molar-refractivity contribution < 1.29 is 19.1 Å². The summed E-state index contributed by atoms with van der Waals surface area (Å²) < 4.78 is 10.7. The summed E-state index contributed by atoms with van der Waals surface area (Å²) in [4.78, 5) is 25.5.